The highest BCUT2D eigenvalue weighted by Gasteiger charge is 2.27. The molecule has 1 N–H and O–H groups in total. The van der Waals surface area contributed by atoms with Crippen molar-refractivity contribution < 1.29 is 13.5 Å². The first kappa shape index (κ1) is 13.2. The summed E-state index contributed by atoms with van der Waals surface area (Å²) in [6.07, 6.45) is -0.954. The summed E-state index contributed by atoms with van der Waals surface area (Å²) in [4.78, 5) is 0. The molecule has 0 bridgehead atoms. The van der Waals surface area contributed by atoms with Gasteiger partial charge in [-0.3, -0.25) is 0 Å². The molecule has 0 aliphatic carbocycles. The average molecular weight is 242 g/mol. The summed E-state index contributed by atoms with van der Waals surface area (Å²) < 4.78 is 23.3. The van der Waals surface area contributed by atoms with E-state index in [-0.39, 0.29) is 5.75 Å². The third-order valence-electron chi connectivity index (χ3n) is 2.80. The maximum absolute atomic E-state index is 11.6. The van der Waals surface area contributed by atoms with E-state index in [2.05, 4.69) is 0 Å². The molecule has 0 saturated carbocycles. The van der Waals surface area contributed by atoms with Crippen LogP contribution in [0.3, 0.4) is 0 Å². The maximum Gasteiger partial charge on any atom is 0.155 e. The van der Waals surface area contributed by atoms with Gasteiger partial charge in [0.05, 0.1) is 11.4 Å². The fourth-order valence-corrected chi connectivity index (χ4v) is 2.66. The maximum atomic E-state index is 11.6. The minimum absolute atomic E-state index is 0.0526. The van der Waals surface area contributed by atoms with Gasteiger partial charge in [-0.2, -0.15) is 0 Å². The molecule has 0 aromatic heterocycles. The largest absolute Gasteiger partial charge is 0.387 e. The summed E-state index contributed by atoms with van der Waals surface area (Å²) >= 11 is 0. The van der Waals surface area contributed by atoms with Crippen LogP contribution in [0, 0.1) is 6.92 Å². The lowest BCUT2D eigenvalue weighted by Gasteiger charge is -2.19. The molecule has 0 fully saturated rings. The lowest BCUT2D eigenvalue weighted by Crippen LogP contribution is -2.26. The van der Waals surface area contributed by atoms with Crippen LogP contribution in [0.1, 0.15) is 31.1 Å². The van der Waals surface area contributed by atoms with Gasteiger partial charge >= 0.3 is 0 Å². The minimum Gasteiger partial charge on any atom is -0.387 e. The Balaban J connectivity index is 2.99. The van der Waals surface area contributed by atoms with Crippen molar-refractivity contribution in [1.82, 2.24) is 0 Å². The zero-order valence-corrected chi connectivity index (χ0v) is 10.7. The molecule has 2 atom stereocenters. The molecular formula is C12H18O3S. The first-order chi connectivity index (χ1) is 7.38. The Bertz CT molecular complexity index is 451. The summed E-state index contributed by atoms with van der Waals surface area (Å²) in [5, 5.41) is 9.24. The number of hydrogen-bond donors (Lipinski definition) is 1. The molecule has 0 spiro atoms. The molecule has 1 rings (SSSR count). The molecular weight excluding hydrogens is 224 g/mol. The van der Waals surface area contributed by atoms with Gasteiger partial charge in [-0.15, -0.1) is 0 Å². The van der Waals surface area contributed by atoms with Gasteiger partial charge in [-0.05, 0) is 19.4 Å². The highest BCUT2D eigenvalue weighted by Crippen LogP contribution is 2.23. The number of sulfone groups is 1. The topological polar surface area (TPSA) is 54.4 Å². The summed E-state index contributed by atoms with van der Waals surface area (Å²) in [5.41, 5.74) is 1.67. The van der Waals surface area contributed by atoms with Gasteiger partial charge in [0.2, 0.25) is 0 Å². The molecule has 0 heterocycles. The van der Waals surface area contributed by atoms with Crippen molar-refractivity contribution in [3.8, 4) is 0 Å². The Morgan fingerprint density at radius 2 is 2.00 bits per heavy atom. The Kier molecular flexibility index (Phi) is 4.10. The van der Waals surface area contributed by atoms with Crippen molar-refractivity contribution in [3.63, 3.8) is 0 Å². The molecule has 0 saturated heterocycles. The Morgan fingerprint density at radius 3 is 2.50 bits per heavy atom. The lowest BCUT2D eigenvalue weighted by atomic mass is 10.0. The van der Waals surface area contributed by atoms with E-state index >= 15 is 0 Å². The number of hydrogen-bond acceptors (Lipinski definition) is 3. The number of rotatable bonds is 4. The van der Waals surface area contributed by atoms with Crippen LogP contribution in [0.4, 0.5) is 0 Å². The van der Waals surface area contributed by atoms with Crippen molar-refractivity contribution in [2.75, 3.05) is 5.75 Å². The monoisotopic (exact) mass is 242 g/mol. The second-order valence-corrected chi connectivity index (χ2v) is 6.66. The summed E-state index contributed by atoms with van der Waals surface area (Å²) in [6.45, 7) is 5.05. The smallest absolute Gasteiger partial charge is 0.155 e. The SMILES string of the molecule is CCS(=O)(=O)C(C)C(O)c1cccc(C)c1. The molecule has 16 heavy (non-hydrogen) atoms. The average Bonchev–Trinajstić information content (AvgIpc) is 2.27. The molecule has 0 aliphatic rings. The third kappa shape index (κ3) is 2.83. The first-order valence-corrected chi connectivity index (χ1v) is 7.06. The number of aliphatic hydroxyl groups excluding tert-OH is 1. The normalized spacial score (nSPS) is 15.8. The van der Waals surface area contributed by atoms with Crippen LogP contribution in [0.25, 0.3) is 0 Å². The van der Waals surface area contributed by atoms with Crippen LogP contribution in [-0.4, -0.2) is 24.5 Å². The molecule has 90 valence electrons. The van der Waals surface area contributed by atoms with Crippen LogP contribution in [-0.2, 0) is 9.84 Å². The number of aliphatic hydroxyl groups is 1. The van der Waals surface area contributed by atoms with Crippen LogP contribution in [0.2, 0.25) is 0 Å². The third-order valence-corrected chi connectivity index (χ3v) is 4.99. The molecule has 4 heteroatoms. The zero-order valence-electron chi connectivity index (χ0n) is 9.84. The van der Waals surface area contributed by atoms with Gasteiger partial charge < -0.3 is 5.11 Å². The molecule has 2 unspecified atom stereocenters. The van der Waals surface area contributed by atoms with E-state index in [0.717, 1.165) is 5.56 Å². The minimum atomic E-state index is -3.21. The van der Waals surface area contributed by atoms with Gasteiger partial charge in [-0.25, -0.2) is 8.42 Å². The van der Waals surface area contributed by atoms with Crippen LogP contribution in [0.5, 0.6) is 0 Å². The van der Waals surface area contributed by atoms with Crippen molar-refractivity contribution >= 4 is 9.84 Å². The second-order valence-electron chi connectivity index (χ2n) is 4.02. The van der Waals surface area contributed by atoms with E-state index in [1.54, 1.807) is 19.9 Å². The van der Waals surface area contributed by atoms with Crippen molar-refractivity contribution in [2.24, 2.45) is 0 Å². The highest BCUT2D eigenvalue weighted by molar-refractivity contribution is 7.92. The lowest BCUT2D eigenvalue weighted by molar-refractivity contribution is 0.176. The number of benzene rings is 1. The molecule has 1 aromatic rings. The van der Waals surface area contributed by atoms with Crippen molar-refractivity contribution in [1.29, 1.82) is 0 Å². The van der Waals surface area contributed by atoms with Gasteiger partial charge in [0, 0.05) is 5.75 Å². The van der Waals surface area contributed by atoms with E-state index in [9.17, 15) is 13.5 Å². The summed E-state index contributed by atoms with van der Waals surface area (Å²) in [5.74, 6) is 0.0526. The standard InChI is InChI=1S/C12H18O3S/c1-4-16(14,15)10(3)12(13)11-7-5-6-9(2)8-11/h5-8,10,12-13H,4H2,1-3H3. The van der Waals surface area contributed by atoms with E-state index in [1.807, 2.05) is 25.1 Å². The number of aryl methyl sites for hydroxylation is 1. The Labute approximate surface area is 97.0 Å². The van der Waals surface area contributed by atoms with Crippen LogP contribution in [0.15, 0.2) is 24.3 Å². The van der Waals surface area contributed by atoms with E-state index in [1.165, 1.54) is 0 Å². The van der Waals surface area contributed by atoms with Crippen molar-refractivity contribution in [2.45, 2.75) is 32.1 Å². The molecule has 0 aliphatic heterocycles. The van der Waals surface area contributed by atoms with E-state index in [4.69, 9.17) is 0 Å². The fourth-order valence-electron chi connectivity index (χ4n) is 1.58. The Hall–Kier alpha value is -0.870. The van der Waals surface area contributed by atoms with E-state index < -0.39 is 21.2 Å². The molecule has 3 nitrogen and oxygen atoms in total. The molecule has 1 aromatic carbocycles. The quantitative estimate of drug-likeness (QED) is 0.876. The predicted molar refractivity (Wildman–Crippen MR) is 65.1 cm³/mol. The van der Waals surface area contributed by atoms with Crippen LogP contribution < -0.4 is 0 Å². The molecule has 0 amide bonds. The van der Waals surface area contributed by atoms with Crippen molar-refractivity contribution in [3.05, 3.63) is 35.4 Å². The Morgan fingerprint density at radius 1 is 1.38 bits per heavy atom. The fraction of sp³-hybridized carbons (Fsp3) is 0.500. The van der Waals surface area contributed by atoms with E-state index in [0.29, 0.717) is 5.56 Å². The second kappa shape index (κ2) is 4.97. The van der Waals surface area contributed by atoms with Gasteiger partial charge in [-0.1, -0.05) is 36.8 Å². The predicted octanol–water partition coefficient (Wildman–Crippen LogP) is 1.85. The first-order valence-electron chi connectivity index (χ1n) is 5.34. The summed E-state index contributed by atoms with van der Waals surface area (Å²) in [6, 6.07) is 7.29. The van der Waals surface area contributed by atoms with Gasteiger partial charge in [0.25, 0.3) is 0 Å². The van der Waals surface area contributed by atoms with Gasteiger partial charge in [0.1, 0.15) is 0 Å². The highest BCUT2D eigenvalue weighted by atomic mass is 32.2. The summed E-state index contributed by atoms with van der Waals surface area (Å²) in [7, 11) is -3.21. The molecule has 0 radical (unpaired) electrons. The zero-order chi connectivity index (χ0) is 12.3. The van der Waals surface area contributed by atoms with Crippen LogP contribution >= 0.6 is 0 Å². The van der Waals surface area contributed by atoms with Gasteiger partial charge in [0.15, 0.2) is 9.84 Å².